The van der Waals surface area contributed by atoms with Crippen LogP contribution in [-0.2, 0) is 0 Å². The van der Waals surface area contributed by atoms with Crippen molar-refractivity contribution in [3.63, 3.8) is 0 Å². The van der Waals surface area contributed by atoms with Crippen molar-refractivity contribution in [3.8, 4) is 11.4 Å². The fourth-order valence-corrected chi connectivity index (χ4v) is 3.32. The zero-order valence-electron chi connectivity index (χ0n) is 10.9. The molecule has 0 fully saturated rings. The molecule has 0 aliphatic carbocycles. The molecule has 2 aromatic heterocycles. The number of anilines is 1. The molecule has 0 saturated heterocycles. The van der Waals surface area contributed by atoms with E-state index in [9.17, 15) is 4.79 Å². The van der Waals surface area contributed by atoms with E-state index in [0.29, 0.717) is 32.3 Å². The SMILES string of the molecule is Cc1nc(-c2ccccc2Cl)nc2sc(C(=O)O)c(N)c12. The lowest BCUT2D eigenvalue weighted by atomic mass is 10.2. The van der Waals surface area contributed by atoms with Gasteiger partial charge in [-0.2, -0.15) is 0 Å². The molecule has 0 bridgehead atoms. The van der Waals surface area contributed by atoms with Crippen molar-refractivity contribution in [2.75, 3.05) is 5.73 Å². The molecule has 21 heavy (non-hydrogen) atoms. The van der Waals surface area contributed by atoms with Gasteiger partial charge in [-0.15, -0.1) is 11.3 Å². The molecule has 0 unspecified atom stereocenters. The molecule has 7 heteroatoms. The van der Waals surface area contributed by atoms with Crippen molar-refractivity contribution in [3.05, 3.63) is 39.9 Å². The minimum Gasteiger partial charge on any atom is -0.477 e. The number of nitrogens with two attached hydrogens (primary N) is 1. The standard InChI is InChI=1S/C14H10ClN3O2S/c1-6-9-10(16)11(14(19)20)21-13(9)18-12(17-6)7-4-2-3-5-8(7)15/h2-5H,16H2,1H3,(H,19,20). The van der Waals surface area contributed by atoms with Gasteiger partial charge in [-0.1, -0.05) is 23.7 Å². The Hall–Kier alpha value is -2.18. The van der Waals surface area contributed by atoms with Gasteiger partial charge in [-0.05, 0) is 19.1 Å². The summed E-state index contributed by atoms with van der Waals surface area (Å²) in [4.78, 5) is 20.6. The third kappa shape index (κ3) is 2.22. The van der Waals surface area contributed by atoms with Gasteiger partial charge in [0.15, 0.2) is 5.82 Å². The summed E-state index contributed by atoms with van der Waals surface area (Å²) < 4.78 is 0. The first-order chi connectivity index (χ1) is 9.99. The van der Waals surface area contributed by atoms with Crippen LogP contribution in [0, 0.1) is 6.92 Å². The number of carboxylic acid groups (broad SMARTS) is 1. The van der Waals surface area contributed by atoms with E-state index in [2.05, 4.69) is 9.97 Å². The summed E-state index contributed by atoms with van der Waals surface area (Å²) in [6.45, 7) is 1.78. The number of aromatic nitrogens is 2. The van der Waals surface area contributed by atoms with Crippen LogP contribution in [0.3, 0.4) is 0 Å². The molecule has 2 heterocycles. The fraction of sp³-hybridized carbons (Fsp3) is 0.0714. The van der Waals surface area contributed by atoms with Crippen LogP contribution < -0.4 is 5.73 Å². The zero-order valence-corrected chi connectivity index (χ0v) is 12.5. The average molecular weight is 320 g/mol. The lowest BCUT2D eigenvalue weighted by molar-refractivity contribution is 0.0703. The molecule has 0 aliphatic rings. The molecule has 0 spiro atoms. The predicted molar refractivity (Wildman–Crippen MR) is 84.0 cm³/mol. The number of nitrogens with zero attached hydrogens (tertiary/aromatic N) is 2. The number of benzene rings is 1. The van der Waals surface area contributed by atoms with E-state index in [1.165, 1.54) is 0 Å². The van der Waals surface area contributed by atoms with Gasteiger partial charge < -0.3 is 10.8 Å². The lowest BCUT2D eigenvalue weighted by Gasteiger charge is -2.05. The second kappa shape index (κ2) is 4.98. The largest absolute Gasteiger partial charge is 0.477 e. The van der Waals surface area contributed by atoms with Crippen molar-refractivity contribution in [2.45, 2.75) is 6.92 Å². The van der Waals surface area contributed by atoms with Crippen LogP contribution in [0.4, 0.5) is 5.69 Å². The van der Waals surface area contributed by atoms with Gasteiger partial charge in [-0.25, -0.2) is 14.8 Å². The van der Waals surface area contributed by atoms with Crippen molar-refractivity contribution >= 4 is 44.8 Å². The number of nitrogen functional groups attached to an aromatic ring is 1. The maximum atomic E-state index is 11.2. The summed E-state index contributed by atoms with van der Waals surface area (Å²) in [7, 11) is 0. The molecule has 0 amide bonds. The Labute approximate surface area is 129 Å². The molecular formula is C14H10ClN3O2S. The topological polar surface area (TPSA) is 89.1 Å². The van der Waals surface area contributed by atoms with Crippen LogP contribution in [0.2, 0.25) is 5.02 Å². The summed E-state index contributed by atoms with van der Waals surface area (Å²) in [5, 5.41) is 10.3. The van der Waals surface area contributed by atoms with Crippen LogP contribution >= 0.6 is 22.9 Å². The Morgan fingerprint density at radius 2 is 2.05 bits per heavy atom. The van der Waals surface area contributed by atoms with Gasteiger partial charge in [-0.3, -0.25) is 0 Å². The highest BCUT2D eigenvalue weighted by atomic mass is 35.5. The van der Waals surface area contributed by atoms with E-state index in [1.54, 1.807) is 13.0 Å². The molecule has 3 aromatic rings. The van der Waals surface area contributed by atoms with Crippen molar-refractivity contribution in [1.29, 1.82) is 0 Å². The van der Waals surface area contributed by atoms with Crippen LogP contribution in [0.5, 0.6) is 0 Å². The smallest absolute Gasteiger partial charge is 0.348 e. The molecule has 0 atom stereocenters. The van der Waals surface area contributed by atoms with E-state index < -0.39 is 5.97 Å². The van der Waals surface area contributed by atoms with Crippen LogP contribution in [0.15, 0.2) is 24.3 Å². The van der Waals surface area contributed by atoms with Crippen LogP contribution in [-0.4, -0.2) is 21.0 Å². The van der Waals surface area contributed by atoms with Crippen molar-refractivity contribution < 1.29 is 9.90 Å². The Morgan fingerprint density at radius 3 is 2.71 bits per heavy atom. The molecule has 5 nitrogen and oxygen atoms in total. The summed E-state index contributed by atoms with van der Waals surface area (Å²) >= 11 is 7.20. The molecule has 0 aliphatic heterocycles. The Morgan fingerprint density at radius 1 is 1.33 bits per heavy atom. The highest BCUT2D eigenvalue weighted by Gasteiger charge is 2.20. The summed E-state index contributed by atoms with van der Waals surface area (Å²) in [6.07, 6.45) is 0. The Balaban J connectivity index is 2.29. The first-order valence-electron chi connectivity index (χ1n) is 6.04. The van der Waals surface area contributed by atoms with Crippen molar-refractivity contribution in [2.24, 2.45) is 0 Å². The molecular weight excluding hydrogens is 310 g/mol. The molecule has 106 valence electrons. The van der Waals surface area contributed by atoms with Gasteiger partial charge in [0.25, 0.3) is 0 Å². The number of carboxylic acids is 1. The predicted octanol–water partition coefficient (Wildman–Crippen LogP) is 3.60. The first-order valence-corrected chi connectivity index (χ1v) is 7.23. The maximum Gasteiger partial charge on any atom is 0.348 e. The van der Waals surface area contributed by atoms with Gasteiger partial charge >= 0.3 is 5.97 Å². The van der Waals surface area contributed by atoms with E-state index in [1.807, 2.05) is 18.2 Å². The number of rotatable bonds is 2. The maximum absolute atomic E-state index is 11.2. The third-order valence-electron chi connectivity index (χ3n) is 3.08. The summed E-state index contributed by atoms with van der Waals surface area (Å²) in [5.74, 6) is -0.599. The summed E-state index contributed by atoms with van der Waals surface area (Å²) in [6, 6.07) is 7.24. The number of carbonyl (C=O) groups is 1. The van der Waals surface area contributed by atoms with Crippen LogP contribution in [0.1, 0.15) is 15.4 Å². The zero-order chi connectivity index (χ0) is 15.1. The normalized spacial score (nSPS) is 11.0. The Kier molecular flexibility index (Phi) is 3.27. The lowest BCUT2D eigenvalue weighted by Crippen LogP contribution is -1.98. The molecule has 0 radical (unpaired) electrons. The number of hydrogen-bond donors (Lipinski definition) is 2. The number of aromatic carboxylic acids is 1. The minimum absolute atomic E-state index is 0.0821. The molecule has 3 rings (SSSR count). The van der Waals surface area contributed by atoms with E-state index in [-0.39, 0.29) is 10.6 Å². The van der Waals surface area contributed by atoms with Gasteiger partial charge in [0.05, 0.1) is 21.8 Å². The highest BCUT2D eigenvalue weighted by Crippen LogP contribution is 2.36. The van der Waals surface area contributed by atoms with Gasteiger partial charge in [0.1, 0.15) is 9.71 Å². The second-order valence-corrected chi connectivity index (χ2v) is 5.85. The molecule has 0 saturated carbocycles. The number of hydrogen-bond acceptors (Lipinski definition) is 5. The molecule has 3 N–H and O–H groups in total. The van der Waals surface area contributed by atoms with Gasteiger partial charge in [0.2, 0.25) is 0 Å². The number of halogens is 1. The number of fused-ring (bicyclic) bond motifs is 1. The van der Waals surface area contributed by atoms with Gasteiger partial charge in [0, 0.05) is 5.56 Å². The number of thiophene rings is 1. The highest BCUT2D eigenvalue weighted by molar-refractivity contribution is 7.21. The number of aryl methyl sites for hydroxylation is 1. The van der Waals surface area contributed by atoms with E-state index in [4.69, 9.17) is 22.4 Å². The minimum atomic E-state index is -1.06. The quantitative estimate of drug-likeness (QED) is 0.753. The van der Waals surface area contributed by atoms with Crippen molar-refractivity contribution in [1.82, 2.24) is 9.97 Å². The monoisotopic (exact) mass is 319 g/mol. The van der Waals surface area contributed by atoms with E-state index in [0.717, 1.165) is 11.3 Å². The summed E-state index contributed by atoms with van der Waals surface area (Å²) in [5.41, 5.74) is 7.43. The fourth-order valence-electron chi connectivity index (χ4n) is 2.12. The average Bonchev–Trinajstić information content (AvgIpc) is 2.77. The van der Waals surface area contributed by atoms with Crippen LogP contribution in [0.25, 0.3) is 21.6 Å². The second-order valence-electron chi connectivity index (χ2n) is 4.44. The third-order valence-corrected chi connectivity index (χ3v) is 4.50. The van der Waals surface area contributed by atoms with E-state index >= 15 is 0 Å². The molecule has 1 aromatic carbocycles. The first kappa shape index (κ1) is 13.8. The Bertz CT molecular complexity index is 876.